The Labute approximate surface area is 192 Å². The summed E-state index contributed by atoms with van der Waals surface area (Å²) in [5, 5.41) is 16.3. The lowest BCUT2D eigenvalue weighted by Gasteiger charge is -2.37. The van der Waals surface area contributed by atoms with Gasteiger partial charge in [0.1, 0.15) is 5.82 Å². The van der Waals surface area contributed by atoms with E-state index in [1.807, 2.05) is 21.9 Å². The Morgan fingerprint density at radius 3 is 2.70 bits per heavy atom. The van der Waals surface area contributed by atoms with Gasteiger partial charge >= 0.3 is 0 Å². The van der Waals surface area contributed by atoms with Crippen LogP contribution in [0.2, 0.25) is 0 Å². The van der Waals surface area contributed by atoms with Crippen molar-refractivity contribution < 1.29 is 19.1 Å². The fourth-order valence-electron chi connectivity index (χ4n) is 4.77. The number of hydrogen-bond donors (Lipinski definition) is 1. The molecule has 0 saturated carbocycles. The monoisotopic (exact) mass is 457 g/mol. The van der Waals surface area contributed by atoms with Crippen molar-refractivity contribution in [2.75, 3.05) is 51.3 Å². The first-order valence-corrected chi connectivity index (χ1v) is 11.9. The van der Waals surface area contributed by atoms with Gasteiger partial charge in [0.25, 0.3) is 0 Å². The van der Waals surface area contributed by atoms with Crippen molar-refractivity contribution in [3.63, 3.8) is 0 Å². The van der Waals surface area contributed by atoms with Crippen LogP contribution in [0.1, 0.15) is 44.3 Å². The molecule has 3 aliphatic rings. The van der Waals surface area contributed by atoms with Gasteiger partial charge in [-0.25, -0.2) is 0 Å². The van der Waals surface area contributed by atoms with Crippen LogP contribution in [0.25, 0.3) is 5.65 Å². The van der Waals surface area contributed by atoms with Gasteiger partial charge in [-0.15, -0.1) is 15.3 Å². The summed E-state index contributed by atoms with van der Waals surface area (Å²) in [6.45, 7) is 4.92. The molecule has 0 radical (unpaired) electrons. The highest BCUT2D eigenvalue weighted by atomic mass is 16.7. The molecule has 0 aromatic carbocycles. The van der Waals surface area contributed by atoms with E-state index in [-0.39, 0.29) is 11.8 Å². The quantitative estimate of drug-likeness (QED) is 0.580. The van der Waals surface area contributed by atoms with E-state index in [9.17, 15) is 9.59 Å². The lowest BCUT2D eigenvalue weighted by molar-refractivity contribution is -0.187. The standard InChI is InChI=1S/C22H31N7O4/c30-20-3-1-11-27(20)12-2-10-23-17-4-5-18-24-25-19(29(18)26-17)6-7-21(31)28-13-8-22(9-14-28)32-15-16-33-22/h4-5H,1-3,6-16H2,(H,23,26). The summed E-state index contributed by atoms with van der Waals surface area (Å²) < 4.78 is 13.2. The van der Waals surface area contributed by atoms with Gasteiger partial charge in [-0.3, -0.25) is 9.59 Å². The molecule has 5 rings (SSSR count). The summed E-state index contributed by atoms with van der Waals surface area (Å²) in [6.07, 6.45) is 4.77. The SMILES string of the molecule is O=C1CCCN1CCCNc1ccc2nnc(CCC(=O)N3CCC4(CC3)OCCO4)n2n1. The van der Waals surface area contributed by atoms with E-state index in [0.717, 1.165) is 51.1 Å². The van der Waals surface area contributed by atoms with E-state index in [0.29, 0.717) is 57.0 Å². The van der Waals surface area contributed by atoms with E-state index in [2.05, 4.69) is 20.6 Å². The number of hydrogen-bond acceptors (Lipinski definition) is 8. The Balaban J connectivity index is 1.11. The first-order chi connectivity index (χ1) is 16.1. The molecule has 1 spiro atoms. The fourth-order valence-corrected chi connectivity index (χ4v) is 4.77. The fraction of sp³-hybridized carbons (Fsp3) is 0.682. The van der Waals surface area contributed by atoms with Crippen LogP contribution in [0.15, 0.2) is 12.1 Å². The molecule has 33 heavy (non-hydrogen) atoms. The third-order valence-electron chi connectivity index (χ3n) is 6.66. The molecular formula is C22H31N7O4. The number of carbonyl (C=O) groups is 2. The number of carbonyl (C=O) groups excluding carboxylic acids is 2. The predicted octanol–water partition coefficient (Wildman–Crippen LogP) is 0.847. The van der Waals surface area contributed by atoms with Gasteiger partial charge in [0.15, 0.2) is 17.3 Å². The molecule has 11 nitrogen and oxygen atoms in total. The van der Waals surface area contributed by atoms with E-state index >= 15 is 0 Å². The molecule has 2 aromatic heterocycles. The minimum absolute atomic E-state index is 0.102. The molecule has 0 unspecified atom stereocenters. The Bertz CT molecular complexity index is 994. The highest BCUT2D eigenvalue weighted by molar-refractivity contribution is 5.78. The van der Waals surface area contributed by atoms with E-state index in [1.54, 1.807) is 4.52 Å². The van der Waals surface area contributed by atoms with Crippen LogP contribution >= 0.6 is 0 Å². The molecule has 5 heterocycles. The number of nitrogens with zero attached hydrogens (tertiary/aromatic N) is 6. The van der Waals surface area contributed by atoms with Gasteiger partial charge in [-0.05, 0) is 25.0 Å². The lowest BCUT2D eigenvalue weighted by Crippen LogP contribution is -2.47. The summed E-state index contributed by atoms with van der Waals surface area (Å²) in [6, 6.07) is 3.74. The molecule has 2 amide bonds. The number of aromatic nitrogens is 4. The number of anilines is 1. The van der Waals surface area contributed by atoms with Gasteiger partial charge in [0.2, 0.25) is 11.8 Å². The Morgan fingerprint density at radius 1 is 1.12 bits per heavy atom. The number of likely N-dealkylation sites (tertiary alicyclic amines) is 2. The van der Waals surface area contributed by atoms with Crippen molar-refractivity contribution in [1.29, 1.82) is 0 Å². The molecule has 0 aliphatic carbocycles. The normalized spacial score (nSPS) is 20.3. The number of rotatable bonds is 8. The molecule has 1 N–H and O–H groups in total. The van der Waals surface area contributed by atoms with Crippen molar-refractivity contribution >= 4 is 23.3 Å². The Hall–Kier alpha value is -2.79. The molecule has 178 valence electrons. The van der Waals surface area contributed by atoms with E-state index < -0.39 is 5.79 Å². The summed E-state index contributed by atoms with van der Waals surface area (Å²) in [5.74, 6) is 1.27. The maximum Gasteiger partial charge on any atom is 0.223 e. The topological polar surface area (TPSA) is 114 Å². The summed E-state index contributed by atoms with van der Waals surface area (Å²) >= 11 is 0. The largest absolute Gasteiger partial charge is 0.369 e. The highest BCUT2D eigenvalue weighted by Gasteiger charge is 2.40. The third-order valence-corrected chi connectivity index (χ3v) is 6.66. The molecule has 3 aliphatic heterocycles. The van der Waals surface area contributed by atoms with Crippen LogP contribution in [0.3, 0.4) is 0 Å². The van der Waals surface area contributed by atoms with Gasteiger partial charge < -0.3 is 24.6 Å². The van der Waals surface area contributed by atoms with E-state index in [4.69, 9.17) is 9.47 Å². The number of piperidine rings is 1. The van der Waals surface area contributed by atoms with Crippen LogP contribution in [-0.2, 0) is 25.5 Å². The zero-order valence-electron chi connectivity index (χ0n) is 18.9. The van der Waals surface area contributed by atoms with Crippen LogP contribution in [0.4, 0.5) is 5.82 Å². The number of aryl methyl sites for hydroxylation is 1. The van der Waals surface area contributed by atoms with Crippen LogP contribution in [0.5, 0.6) is 0 Å². The third kappa shape index (κ3) is 4.93. The average molecular weight is 458 g/mol. The summed E-state index contributed by atoms with van der Waals surface area (Å²) in [7, 11) is 0. The summed E-state index contributed by atoms with van der Waals surface area (Å²) in [4.78, 5) is 28.2. The maximum atomic E-state index is 12.7. The van der Waals surface area contributed by atoms with Gasteiger partial charge in [0, 0.05) is 64.8 Å². The highest BCUT2D eigenvalue weighted by Crippen LogP contribution is 2.31. The molecule has 0 bridgehead atoms. The first-order valence-electron chi connectivity index (χ1n) is 11.9. The second-order valence-electron chi connectivity index (χ2n) is 8.86. The van der Waals surface area contributed by atoms with Crippen LogP contribution in [0, 0.1) is 0 Å². The van der Waals surface area contributed by atoms with Crippen molar-refractivity contribution in [3.8, 4) is 0 Å². The number of ether oxygens (including phenoxy) is 2. The van der Waals surface area contributed by atoms with Crippen molar-refractivity contribution in [2.24, 2.45) is 0 Å². The second-order valence-corrected chi connectivity index (χ2v) is 8.86. The van der Waals surface area contributed by atoms with Crippen molar-refractivity contribution in [1.82, 2.24) is 29.6 Å². The average Bonchev–Trinajstić information content (AvgIpc) is 3.56. The molecular weight excluding hydrogens is 426 g/mol. The van der Waals surface area contributed by atoms with Gasteiger partial charge in [0.05, 0.1) is 13.2 Å². The Morgan fingerprint density at radius 2 is 1.94 bits per heavy atom. The minimum atomic E-state index is -0.475. The number of nitrogens with one attached hydrogen (secondary N) is 1. The molecule has 3 fully saturated rings. The minimum Gasteiger partial charge on any atom is -0.369 e. The van der Waals surface area contributed by atoms with E-state index in [1.165, 1.54) is 0 Å². The molecule has 3 saturated heterocycles. The second kappa shape index (κ2) is 9.60. The van der Waals surface area contributed by atoms with Crippen LogP contribution in [-0.4, -0.2) is 93.2 Å². The smallest absolute Gasteiger partial charge is 0.223 e. The van der Waals surface area contributed by atoms with Crippen molar-refractivity contribution in [2.45, 2.75) is 50.7 Å². The number of fused-ring (bicyclic) bond motifs is 1. The maximum absolute atomic E-state index is 12.7. The summed E-state index contributed by atoms with van der Waals surface area (Å²) in [5.41, 5.74) is 0.654. The molecule has 0 atom stereocenters. The zero-order valence-corrected chi connectivity index (χ0v) is 18.9. The van der Waals surface area contributed by atoms with Crippen molar-refractivity contribution in [3.05, 3.63) is 18.0 Å². The lowest BCUT2D eigenvalue weighted by atomic mass is 10.0. The number of amides is 2. The van der Waals surface area contributed by atoms with Gasteiger partial charge in [-0.2, -0.15) is 4.52 Å². The first kappa shape index (κ1) is 22.0. The Kier molecular flexibility index (Phi) is 6.41. The molecule has 2 aromatic rings. The zero-order chi connectivity index (χ0) is 22.7. The van der Waals surface area contributed by atoms with Crippen LogP contribution < -0.4 is 5.32 Å². The molecule has 11 heteroatoms. The predicted molar refractivity (Wildman–Crippen MR) is 118 cm³/mol. The van der Waals surface area contributed by atoms with Gasteiger partial charge in [-0.1, -0.05) is 0 Å².